The zero-order valence-corrected chi connectivity index (χ0v) is 11.2. The van der Waals surface area contributed by atoms with Gasteiger partial charge in [0.2, 0.25) is 5.60 Å². The van der Waals surface area contributed by atoms with Crippen molar-refractivity contribution in [3.8, 4) is 0 Å². The number of carbonyl (C=O) groups excluding carboxylic acids is 1. The fourth-order valence-corrected chi connectivity index (χ4v) is 1.41. The van der Waals surface area contributed by atoms with Crippen molar-refractivity contribution in [3.63, 3.8) is 0 Å². The van der Waals surface area contributed by atoms with E-state index in [1.54, 1.807) is 0 Å². The summed E-state index contributed by atoms with van der Waals surface area (Å²) in [6.07, 6.45) is 1.39. The lowest BCUT2D eigenvalue weighted by molar-refractivity contribution is -0.165. The SMILES string of the molecule is COC(C)(C(=O)O)C(=O)Nc1cc(Br)c[nH]c1=O. The first-order valence-corrected chi connectivity index (χ1v) is 5.59. The molecule has 1 aromatic heterocycles. The second kappa shape index (κ2) is 5.32. The van der Waals surface area contributed by atoms with E-state index in [9.17, 15) is 14.4 Å². The summed E-state index contributed by atoms with van der Waals surface area (Å²) in [5, 5.41) is 11.1. The lowest BCUT2D eigenvalue weighted by Gasteiger charge is -2.21. The molecular formula is C10H11BrN2O5. The molecule has 1 rings (SSSR count). The quantitative estimate of drug-likeness (QED) is 0.703. The maximum Gasteiger partial charge on any atom is 0.345 e. The Morgan fingerprint density at radius 1 is 1.56 bits per heavy atom. The number of amides is 1. The van der Waals surface area contributed by atoms with E-state index in [1.807, 2.05) is 0 Å². The van der Waals surface area contributed by atoms with Crippen molar-refractivity contribution in [1.29, 1.82) is 0 Å². The van der Waals surface area contributed by atoms with Crippen LogP contribution in [0.2, 0.25) is 0 Å². The summed E-state index contributed by atoms with van der Waals surface area (Å²) in [5.41, 5.74) is -2.68. The molecule has 0 spiro atoms. The van der Waals surface area contributed by atoms with Crippen LogP contribution in [0.4, 0.5) is 5.69 Å². The molecule has 1 aromatic rings. The molecule has 7 nitrogen and oxygen atoms in total. The topological polar surface area (TPSA) is 108 Å². The van der Waals surface area contributed by atoms with E-state index in [0.717, 1.165) is 14.0 Å². The first-order valence-electron chi connectivity index (χ1n) is 4.79. The van der Waals surface area contributed by atoms with Gasteiger partial charge in [-0.3, -0.25) is 9.59 Å². The Morgan fingerprint density at radius 2 is 2.17 bits per heavy atom. The highest BCUT2D eigenvalue weighted by Gasteiger charge is 2.42. The van der Waals surface area contributed by atoms with Gasteiger partial charge >= 0.3 is 5.97 Å². The minimum atomic E-state index is -2.06. The summed E-state index contributed by atoms with van der Waals surface area (Å²) >= 11 is 3.11. The van der Waals surface area contributed by atoms with Crippen molar-refractivity contribution < 1.29 is 19.4 Å². The Balaban J connectivity index is 3.04. The van der Waals surface area contributed by atoms with Crippen molar-refractivity contribution in [1.82, 2.24) is 4.98 Å². The van der Waals surface area contributed by atoms with Gasteiger partial charge in [-0.15, -0.1) is 0 Å². The third kappa shape index (κ3) is 2.77. The minimum Gasteiger partial charge on any atom is -0.479 e. The lowest BCUT2D eigenvalue weighted by atomic mass is 10.1. The van der Waals surface area contributed by atoms with Crippen molar-refractivity contribution in [2.45, 2.75) is 12.5 Å². The molecule has 0 fully saturated rings. The van der Waals surface area contributed by atoms with E-state index in [1.165, 1.54) is 12.3 Å². The lowest BCUT2D eigenvalue weighted by Crippen LogP contribution is -2.49. The molecule has 3 N–H and O–H groups in total. The van der Waals surface area contributed by atoms with E-state index in [2.05, 4.69) is 31.0 Å². The van der Waals surface area contributed by atoms with Gasteiger partial charge in [0, 0.05) is 17.8 Å². The molecule has 1 atom stereocenters. The van der Waals surface area contributed by atoms with Crippen molar-refractivity contribution >= 4 is 33.5 Å². The molecule has 18 heavy (non-hydrogen) atoms. The Labute approximate surface area is 110 Å². The molecule has 1 unspecified atom stereocenters. The van der Waals surface area contributed by atoms with Crippen molar-refractivity contribution in [3.05, 3.63) is 27.1 Å². The Hall–Kier alpha value is -1.67. The average molecular weight is 319 g/mol. The van der Waals surface area contributed by atoms with E-state index in [-0.39, 0.29) is 5.69 Å². The van der Waals surface area contributed by atoms with Crippen LogP contribution in [0.5, 0.6) is 0 Å². The number of rotatable bonds is 4. The van der Waals surface area contributed by atoms with E-state index in [4.69, 9.17) is 5.11 Å². The van der Waals surface area contributed by atoms with Gasteiger partial charge in [-0.05, 0) is 28.9 Å². The Morgan fingerprint density at radius 3 is 2.67 bits per heavy atom. The zero-order valence-electron chi connectivity index (χ0n) is 9.61. The second-order valence-corrected chi connectivity index (χ2v) is 4.47. The summed E-state index contributed by atoms with van der Waals surface area (Å²) < 4.78 is 5.20. The summed E-state index contributed by atoms with van der Waals surface area (Å²) in [5.74, 6) is -2.39. The van der Waals surface area contributed by atoms with Crippen LogP contribution in [0.15, 0.2) is 21.5 Å². The normalized spacial score (nSPS) is 13.7. The third-order valence-corrected chi connectivity index (χ3v) is 2.82. The molecule has 98 valence electrons. The number of methoxy groups -OCH3 is 1. The predicted molar refractivity (Wildman–Crippen MR) is 66.4 cm³/mol. The summed E-state index contributed by atoms with van der Waals surface area (Å²) in [6, 6.07) is 1.36. The van der Waals surface area contributed by atoms with Crippen LogP contribution in [-0.4, -0.2) is 34.7 Å². The fraction of sp³-hybridized carbons (Fsp3) is 0.300. The molecule has 1 amide bonds. The molecular weight excluding hydrogens is 308 g/mol. The van der Waals surface area contributed by atoms with Crippen molar-refractivity contribution in [2.24, 2.45) is 0 Å². The summed E-state index contributed by atoms with van der Waals surface area (Å²) in [4.78, 5) is 36.5. The molecule has 0 aliphatic rings. The number of nitrogens with one attached hydrogen (secondary N) is 2. The molecule has 0 saturated carbocycles. The number of aromatic amines is 1. The van der Waals surface area contributed by atoms with Gasteiger partial charge in [0.1, 0.15) is 5.69 Å². The number of aliphatic carboxylic acids is 1. The van der Waals surface area contributed by atoms with Crippen LogP contribution in [0.25, 0.3) is 0 Å². The number of ether oxygens (including phenoxy) is 1. The Kier molecular flexibility index (Phi) is 4.25. The molecule has 0 aromatic carbocycles. The van der Waals surface area contributed by atoms with Gasteiger partial charge in [0.15, 0.2) is 0 Å². The number of hydrogen-bond acceptors (Lipinski definition) is 4. The summed E-state index contributed by atoms with van der Waals surface area (Å²) in [6.45, 7) is 1.09. The van der Waals surface area contributed by atoms with E-state index in [0.29, 0.717) is 4.47 Å². The largest absolute Gasteiger partial charge is 0.479 e. The molecule has 8 heteroatoms. The van der Waals surface area contributed by atoms with Gasteiger partial charge < -0.3 is 20.1 Å². The standard InChI is InChI=1S/C10H11BrN2O5/c1-10(18-2,9(16)17)8(15)13-6-3-5(11)4-12-7(6)14/h3-4H,1-2H3,(H,12,14)(H,13,15)(H,16,17). The maximum absolute atomic E-state index is 11.8. The number of halogens is 1. The van der Waals surface area contributed by atoms with Crippen LogP contribution in [0.3, 0.4) is 0 Å². The number of carbonyl (C=O) groups is 2. The first-order chi connectivity index (χ1) is 8.31. The highest BCUT2D eigenvalue weighted by Crippen LogP contribution is 2.15. The van der Waals surface area contributed by atoms with Crippen LogP contribution in [-0.2, 0) is 14.3 Å². The van der Waals surface area contributed by atoms with Crippen LogP contribution in [0.1, 0.15) is 6.92 Å². The van der Waals surface area contributed by atoms with E-state index >= 15 is 0 Å². The molecule has 0 aliphatic carbocycles. The summed E-state index contributed by atoms with van der Waals surface area (Å²) in [7, 11) is 1.10. The predicted octanol–water partition coefficient (Wildman–Crippen LogP) is 0.566. The number of H-pyrrole nitrogens is 1. The molecule has 0 radical (unpaired) electrons. The average Bonchev–Trinajstić information content (AvgIpc) is 2.32. The number of carboxylic acids is 1. The number of aromatic nitrogens is 1. The fourth-order valence-electron chi connectivity index (χ4n) is 1.07. The molecule has 0 saturated heterocycles. The highest BCUT2D eigenvalue weighted by atomic mass is 79.9. The van der Waals surface area contributed by atoms with Gasteiger partial charge in [0.25, 0.3) is 11.5 Å². The molecule has 0 bridgehead atoms. The smallest absolute Gasteiger partial charge is 0.345 e. The van der Waals surface area contributed by atoms with Gasteiger partial charge in [0.05, 0.1) is 0 Å². The van der Waals surface area contributed by atoms with Gasteiger partial charge in [-0.25, -0.2) is 4.79 Å². The number of anilines is 1. The number of carboxylic acid groups (broad SMARTS) is 1. The van der Waals surface area contributed by atoms with Gasteiger partial charge in [-0.2, -0.15) is 0 Å². The third-order valence-electron chi connectivity index (χ3n) is 2.37. The molecule has 0 aliphatic heterocycles. The van der Waals surface area contributed by atoms with Crippen LogP contribution in [0, 0.1) is 0 Å². The molecule has 1 heterocycles. The Bertz CT molecular complexity index is 541. The maximum atomic E-state index is 11.8. The highest BCUT2D eigenvalue weighted by molar-refractivity contribution is 9.10. The van der Waals surface area contributed by atoms with Crippen LogP contribution < -0.4 is 10.9 Å². The number of pyridine rings is 1. The monoisotopic (exact) mass is 318 g/mol. The second-order valence-electron chi connectivity index (χ2n) is 3.56. The number of hydrogen-bond donors (Lipinski definition) is 3. The minimum absolute atomic E-state index is 0.0705. The first kappa shape index (κ1) is 14.4. The van der Waals surface area contributed by atoms with Crippen molar-refractivity contribution in [2.75, 3.05) is 12.4 Å². The zero-order chi connectivity index (χ0) is 13.9. The van der Waals surface area contributed by atoms with E-state index < -0.39 is 23.0 Å². The van der Waals surface area contributed by atoms with Crippen LogP contribution >= 0.6 is 15.9 Å². The van der Waals surface area contributed by atoms with Gasteiger partial charge in [-0.1, -0.05) is 0 Å².